The summed E-state index contributed by atoms with van der Waals surface area (Å²) in [6, 6.07) is 1.93. The Balaban J connectivity index is 2.94. The van der Waals surface area contributed by atoms with Gasteiger partial charge in [-0.2, -0.15) is 0 Å². The van der Waals surface area contributed by atoms with Gasteiger partial charge in [-0.25, -0.2) is 4.39 Å². The van der Waals surface area contributed by atoms with Gasteiger partial charge in [0.05, 0.1) is 5.02 Å². The maximum atomic E-state index is 13.5. The summed E-state index contributed by atoms with van der Waals surface area (Å²) in [5, 5.41) is 8.86. The van der Waals surface area contributed by atoms with Crippen LogP contribution in [0.2, 0.25) is 5.02 Å². The molecule has 0 saturated heterocycles. The molecule has 0 aliphatic rings. The Bertz CT molecular complexity index is 414. The molecule has 1 aromatic rings. The summed E-state index contributed by atoms with van der Waals surface area (Å²) in [7, 11) is 0. The van der Waals surface area contributed by atoms with Gasteiger partial charge in [0.2, 0.25) is 0 Å². The number of rotatable bonds is 4. The zero-order chi connectivity index (χ0) is 12.3. The van der Waals surface area contributed by atoms with E-state index in [1.165, 1.54) is 12.1 Å². The summed E-state index contributed by atoms with van der Waals surface area (Å²) in [5.74, 6) is -1.46. The lowest BCUT2D eigenvalue weighted by Gasteiger charge is -2.14. The topological polar surface area (TPSA) is 63.3 Å². The molecule has 0 fully saturated rings. The summed E-state index contributed by atoms with van der Waals surface area (Å²) < 4.78 is 13.9. The third-order valence-corrected chi connectivity index (χ3v) is 3.52. The molecule has 3 N–H and O–H groups in total. The predicted octanol–water partition coefficient (Wildman–Crippen LogP) is 3.11. The van der Waals surface area contributed by atoms with E-state index >= 15 is 0 Å². The first-order valence-corrected chi connectivity index (χ1v) is 5.71. The number of carbonyl (C=O) groups is 1. The largest absolute Gasteiger partial charge is 0.481 e. The van der Waals surface area contributed by atoms with Gasteiger partial charge in [0, 0.05) is 22.5 Å². The number of hydrogen-bond donors (Lipinski definition) is 2. The van der Waals surface area contributed by atoms with Crippen molar-refractivity contribution in [2.24, 2.45) is 5.73 Å². The Morgan fingerprint density at radius 3 is 2.81 bits per heavy atom. The highest BCUT2D eigenvalue weighted by Crippen LogP contribution is 2.33. The summed E-state index contributed by atoms with van der Waals surface area (Å²) in [6.45, 7) is 0. The van der Waals surface area contributed by atoms with E-state index in [2.05, 4.69) is 15.9 Å². The molecule has 6 heteroatoms. The molecule has 1 atom stereocenters. The van der Waals surface area contributed by atoms with E-state index in [1.807, 2.05) is 0 Å². The second-order valence-electron chi connectivity index (χ2n) is 3.30. The minimum Gasteiger partial charge on any atom is -0.481 e. The molecule has 0 amide bonds. The Hall–Kier alpha value is -0.650. The van der Waals surface area contributed by atoms with Gasteiger partial charge < -0.3 is 10.8 Å². The fourth-order valence-corrected chi connectivity index (χ4v) is 2.09. The molecule has 1 aromatic carbocycles. The highest BCUT2D eigenvalue weighted by Gasteiger charge is 2.18. The normalized spacial score (nSPS) is 12.5. The Morgan fingerprint density at radius 2 is 2.25 bits per heavy atom. The molecule has 0 heterocycles. The number of benzene rings is 1. The Labute approximate surface area is 106 Å². The fourth-order valence-electron chi connectivity index (χ4n) is 1.31. The van der Waals surface area contributed by atoms with Crippen LogP contribution in [0.25, 0.3) is 0 Å². The smallest absolute Gasteiger partial charge is 0.303 e. The van der Waals surface area contributed by atoms with Gasteiger partial charge in [-0.15, -0.1) is 0 Å². The van der Waals surface area contributed by atoms with E-state index in [4.69, 9.17) is 22.4 Å². The number of aliphatic carboxylic acids is 1. The van der Waals surface area contributed by atoms with Crippen LogP contribution in [0.3, 0.4) is 0 Å². The lowest BCUT2D eigenvalue weighted by atomic mass is 10.0. The minimum absolute atomic E-state index is 0.112. The van der Waals surface area contributed by atoms with Crippen molar-refractivity contribution in [1.82, 2.24) is 0 Å². The zero-order valence-electron chi connectivity index (χ0n) is 8.21. The fraction of sp³-hybridized carbons (Fsp3) is 0.300. The van der Waals surface area contributed by atoms with E-state index < -0.39 is 17.8 Å². The standard InChI is InChI=1S/C10H10BrClFNO2/c11-10-5(12)1-2-6(13)9(10)7(14)3-4-8(15)16/h1-2,7H,3-4,14H2,(H,15,16). The van der Waals surface area contributed by atoms with E-state index in [-0.39, 0.29) is 18.4 Å². The Morgan fingerprint density at radius 1 is 1.62 bits per heavy atom. The molecule has 0 bridgehead atoms. The second-order valence-corrected chi connectivity index (χ2v) is 4.50. The summed E-state index contributed by atoms with van der Waals surface area (Å²) in [4.78, 5) is 10.4. The average molecular weight is 311 g/mol. The molecule has 0 spiro atoms. The van der Waals surface area contributed by atoms with Crippen molar-refractivity contribution in [3.63, 3.8) is 0 Å². The van der Waals surface area contributed by atoms with Crippen molar-refractivity contribution in [3.05, 3.63) is 33.0 Å². The molecule has 1 unspecified atom stereocenters. The van der Waals surface area contributed by atoms with Gasteiger partial charge in [0.15, 0.2) is 0 Å². The first-order chi connectivity index (χ1) is 7.43. The van der Waals surface area contributed by atoms with Crippen LogP contribution in [0.15, 0.2) is 16.6 Å². The van der Waals surface area contributed by atoms with E-state index in [0.29, 0.717) is 9.50 Å². The van der Waals surface area contributed by atoms with Crippen LogP contribution in [0.4, 0.5) is 4.39 Å². The third kappa shape index (κ3) is 3.17. The number of nitrogens with two attached hydrogens (primary N) is 1. The number of hydrogen-bond acceptors (Lipinski definition) is 2. The Kier molecular flexibility index (Phi) is 4.70. The molecular weight excluding hydrogens is 300 g/mol. The van der Waals surface area contributed by atoms with E-state index in [9.17, 15) is 9.18 Å². The van der Waals surface area contributed by atoms with Crippen molar-refractivity contribution >= 4 is 33.5 Å². The molecule has 0 aromatic heterocycles. The van der Waals surface area contributed by atoms with Crippen molar-refractivity contribution in [3.8, 4) is 0 Å². The molecule has 0 radical (unpaired) electrons. The van der Waals surface area contributed by atoms with Crippen LogP contribution in [0.1, 0.15) is 24.4 Å². The first-order valence-electron chi connectivity index (χ1n) is 4.54. The lowest BCUT2D eigenvalue weighted by Crippen LogP contribution is -2.14. The molecule has 0 aliphatic carbocycles. The van der Waals surface area contributed by atoms with Crippen LogP contribution in [0, 0.1) is 5.82 Å². The quantitative estimate of drug-likeness (QED) is 0.840. The maximum absolute atomic E-state index is 13.5. The van der Waals surface area contributed by atoms with Crippen LogP contribution in [-0.2, 0) is 4.79 Å². The van der Waals surface area contributed by atoms with Gasteiger partial charge in [0.1, 0.15) is 5.82 Å². The zero-order valence-corrected chi connectivity index (χ0v) is 10.6. The van der Waals surface area contributed by atoms with Crippen LogP contribution in [0.5, 0.6) is 0 Å². The number of carboxylic acid groups (broad SMARTS) is 1. The van der Waals surface area contributed by atoms with Gasteiger partial charge in [-0.1, -0.05) is 11.6 Å². The number of halogens is 3. The highest BCUT2D eigenvalue weighted by atomic mass is 79.9. The molecule has 1 rings (SSSR count). The van der Waals surface area contributed by atoms with Gasteiger partial charge in [-0.3, -0.25) is 4.79 Å². The monoisotopic (exact) mass is 309 g/mol. The van der Waals surface area contributed by atoms with Crippen molar-refractivity contribution in [2.45, 2.75) is 18.9 Å². The SMILES string of the molecule is NC(CCC(=O)O)c1c(F)ccc(Cl)c1Br. The molecule has 0 aliphatic heterocycles. The van der Waals surface area contributed by atoms with E-state index in [1.54, 1.807) is 0 Å². The average Bonchev–Trinajstić information content (AvgIpc) is 2.21. The van der Waals surface area contributed by atoms with Crippen molar-refractivity contribution < 1.29 is 14.3 Å². The van der Waals surface area contributed by atoms with Crippen molar-refractivity contribution in [2.75, 3.05) is 0 Å². The first kappa shape index (κ1) is 13.4. The summed E-state index contributed by atoms with van der Waals surface area (Å²) >= 11 is 8.95. The molecule has 3 nitrogen and oxygen atoms in total. The van der Waals surface area contributed by atoms with Gasteiger partial charge in [-0.05, 0) is 34.5 Å². The minimum atomic E-state index is -0.964. The molecular formula is C10H10BrClFNO2. The van der Waals surface area contributed by atoms with Gasteiger partial charge >= 0.3 is 5.97 Å². The highest BCUT2D eigenvalue weighted by molar-refractivity contribution is 9.10. The maximum Gasteiger partial charge on any atom is 0.303 e. The van der Waals surface area contributed by atoms with Crippen molar-refractivity contribution in [1.29, 1.82) is 0 Å². The number of carboxylic acids is 1. The second kappa shape index (κ2) is 5.61. The van der Waals surface area contributed by atoms with Gasteiger partial charge in [0.25, 0.3) is 0 Å². The molecule has 16 heavy (non-hydrogen) atoms. The molecule has 88 valence electrons. The van der Waals surface area contributed by atoms with Crippen LogP contribution in [-0.4, -0.2) is 11.1 Å². The molecule has 0 saturated carbocycles. The third-order valence-electron chi connectivity index (χ3n) is 2.12. The summed E-state index contributed by atoms with van der Waals surface area (Å²) in [5.41, 5.74) is 5.94. The van der Waals surface area contributed by atoms with Crippen LogP contribution >= 0.6 is 27.5 Å². The van der Waals surface area contributed by atoms with E-state index in [0.717, 1.165) is 0 Å². The lowest BCUT2D eigenvalue weighted by molar-refractivity contribution is -0.137. The summed E-state index contributed by atoms with van der Waals surface area (Å²) in [6.07, 6.45) is 0.0464. The van der Waals surface area contributed by atoms with Crippen LogP contribution < -0.4 is 5.73 Å². The predicted molar refractivity (Wildman–Crippen MR) is 62.9 cm³/mol.